The van der Waals surface area contributed by atoms with Crippen molar-refractivity contribution in [3.63, 3.8) is 0 Å². The van der Waals surface area contributed by atoms with E-state index in [2.05, 4.69) is 12.2 Å². The molecule has 3 nitrogen and oxygen atoms in total. The van der Waals surface area contributed by atoms with Crippen molar-refractivity contribution >= 4 is 37.8 Å². The van der Waals surface area contributed by atoms with E-state index in [1.165, 1.54) is 6.42 Å². The van der Waals surface area contributed by atoms with Crippen molar-refractivity contribution in [2.75, 3.05) is 0 Å². The highest BCUT2D eigenvalue weighted by Crippen LogP contribution is 2.59. The van der Waals surface area contributed by atoms with E-state index in [0.29, 0.717) is 0 Å². The molecule has 1 aliphatic rings. The number of thiol groups is 1. The van der Waals surface area contributed by atoms with E-state index in [9.17, 15) is 9.46 Å². The summed E-state index contributed by atoms with van der Waals surface area (Å²) < 4.78 is 15.5. The molecule has 2 atom stereocenters. The van der Waals surface area contributed by atoms with Gasteiger partial charge >= 0.3 is 7.23 Å². The van der Waals surface area contributed by atoms with Crippen molar-refractivity contribution in [3.8, 4) is 0 Å². The van der Waals surface area contributed by atoms with Crippen molar-refractivity contribution < 1.29 is 13.8 Å². The van der Waals surface area contributed by atoms with E-state index < -0.39 is 13.7 Å². The second kappa shape index (κ2) is 5.20. The Bertz CT molecular complexity index is 240. The van der Waals surface area contributed by atoms with Gasteiger partial charge in [-0.15, -0.1) is 0 Å². The summed E-state index contributed by atoms with van der Waals surface area (Å²) in [4.78, 5) is 9.78. The molecule has 1 rings (SSSR count). The highest BCUT2D eigenvalue weighted by atomic mass is 32.7. The van der Waals surface area contributed by atoms with Gasteiger partial charge in [0.15, 0.2) is 0 Å². The van der Waals surface area contributed by atoms with Crippen molar-refractivity contribution in [1.82, 2.24) is 0 Å². The van der Waals surface area contributed by atoms with Crippen LogP contribution in [0.1, 0.15) is 32.1 Å². The standard InChI is InChI=1S/C6H12O3P2S2/c7-10(12)9-11(8,13)6-4-2-1-3-5-6/h6H,1-5H2,(H-,7,8,12,13)/p+1. The summed E-state index contributed by atoms with van der Waals surface area (Å²) in [5.74, 6) is 0. The van der Waals surface area contributed by atoms with Crippen LogP contribution in [0, 0.1) is 0 Å². The number of rotatable bonds is 3. The minimum absolute atomic E-state index is 0.0300. The Morgan fingerprint density at radius 2 is 2.00 bits per heavy atom. The predicted molar refractivity (Wildman–Crippen MR) is 61.1 cm³/mol. The van der Waals surface area contributed by atoms with Gasteiger partial charge in [-0.1, -0.05) is 23.6 Å². The van der Waals surface area contributed by atoms with E-state index in [1.54, 1.807) is 0 Å². The topological polar surface area (TPSA) is 46.5 Å². The maximum absolute atomic E-state index is 10.7. The molecule has 0 aromatic heterocycles. The van der Waals surface area contributed by atoms with Gasteiger partial charge in [0.25, 0.3) is 0 Å². The number of hydrogen-bond acceptors (Lipinski definition) is 3. The predicted octanol–water partition coefficient (Wildman–Crippen LogP) is 3.22. The minimum atomic E-state index is -2.85. The molecule has 13 heavy (non-hydrogen) atoms. The van der Waals surface area contributed by atoms with Gasteiger partial charge in [-0.05, 0) is 29.2 Å². The van der Waals surface area contributed by atoms with E-state index in [1.807, 2.05) is 0 Å². The average Bonchev–Trinajstić information content (AvgIpc) is 2.04. The maximum Gasteiger partial charge on any atom is 0.588 e. The van der Waals surface area contributed by atoms with Gasteiger partial charge in [0, 0.05) is 5.66 Å². The molecule has 0 aliphatic heterocycles. The molecular weight excluding hydrogens is 246 g/mol. The van der Waals surface area contributed by atoms with Gasteiger partial charge in [0.1, 0.15) is 12.2 Å². The summed E-state index contributed by atoms with van der Waals surface area (Å²) in [7, 11) is -2.07. The van der Waals surface area contributed by atoms with Crippen LogP contribution in [0.5, 0.6) is 0 Å². The van der Waals surface area contributed by atoms with Crippen LogP contribution < -0.4 is 0 Å². The zero-order valence-corrected chi connectivity index (χ0v) is 10.6. The van der Waals surface area contributed by atoms with E-state index in [-0.39, 0.29) is 5.66 Å². The lowest BCUT2D eigenvalue weighted by atomic mass is 10.0. The summed E-state index contributed by atoms with van der Waals surface area (Å²) in [5.41, 5.74) is 0.0300. The Kier molecular flexibility index (Phi) is 4.84. The summed E-state index contributed by atoms with van der Waals surface area (Å²) in [6.07, 6.45) is 5.14. The minimum Gasteiger partial charge on any atom is -0.342 e. The molecule has 7 heteroatoms. The molecule has 0 aromatic rings. The Balaban J connectivity index is 2.56. The van der Waals surface area contributed by atoms with Gasteiger partial charge in [0.2, 0.25) is 6.49 Å². The van der Waals surface area contributed by atoms with Crippen LogP contribution in [0.2, 0.25) is 0 Å². The summed E-state index contributed by atoms with van der Waals surface area (Å²) >= 11 is 8.55. The van der Waals surface area contributed by atoms with E-state index in [4.69, 9.17) is 16.1 Å². The Morgan fingerprint density at radius 1 is 1.46 bits per heavy atom. The summed E-state index contributed by atoms with van der Waals surface area (Å²) in [6.45, 7) is -2.85. The maximum atomic E-state index is 10.7. The van der Waals surface area contributed by atoms with Crippen molar-refractivity contribution in [2.24, 2.45) is 0 Å². The van der Waals surface area contributed by atoms with Gasteiger partial charge in [-0.25, -0.2) is 0 Å². The fourth-order valence-electron chi connectivity index (χ4n) is 1.57. The van der Waals surface area contributed by atoms with Crippen LogP contribution in [0.4, 0.5) is 0 Å². The van der Waals surface area contributed by atoms with E-state index >= 15 is 0 Å². The first-order valence-corrected chi connectivity index (χ1v) is 9.28. The van der Waals surface area contributed by atoms with Gasteiger partial charge in [-0.3, -0.25) is 0 Å². The monoisotopic (exact) mass is 259 g/mol. The molecule has 0 heterocycles. The van der Waals surface area contributed by atoms with Crippen LogP contribution >= 0.6 is 26.0 Å². The smallest absolute Gasteiger partial charge is 0.342 e. The Morgan fingerprint density at radius 3 is 2.46 bits per heavy atom. The molecule has 1 saturated carbocycles. The molecule has 1 N–H and O–H groups in total. The molecule has 0 saturated heterocycles. The molecule has 0 radical (unpaired) electrons. The molecule has 1 fully saturated rings. The normalized spacial score (nSPS) is 25.2. The highest BCUT2D eigenvalue weighted by Gasteiger charge is 2.35. The molecule has 0 aromatic carbocycles. The zero-order valence-electron chi connectivity index (χ0n) is 7.13. The largest absolute Gasteiger partial charge is 0.588 e. The third-order valence-corrected chi connectivity index (χ3v) is 7.31. The second-order valence-corrected chi connectivity index (χ2v) is 8.71. The lowest BCUT2D eigenvalue weighted by Crippen LogP contribution is -2.12. The first-order chi connectivity index (χ1) is 6.02. The van der Waals surface area contributed by atoms with Gasteiger partial charge < -0.3 is 4.89 Å². The van der Waals surface area contributed by atoms with Crippen LogP contribution in [0.25, 0.3) is 0 Å². The third kappa shape index (κ3) is 3.94. The van der Waals surface area contributed by atoms with Crippen molar-refractivity contribution in [1.29, 1.82) is 0 Å². The molecule has 1 aliphatic carbocycles. The fraction of sp³-hybridized carbons (Fsp3) is 1.00. The average molecular weight is 259 g/mol. The summed E-state index contributed by atoms with van der Waals surface area (Å²) in [6, 6.07) is 0. The highest BCUT2D eigenvalue weighted by molar-refractivity contribution is 8.40. The Hall–Kier alpha value is 1.02. The van der Waals surface area contributed by atoms with Gasteiger partial charge in [0.05, 0.1) is 0 Å². The molecule has 0 bridgehead atoms. The second-order valence-electron chi connectivity index (χ2n) is 3.18. The molecule has 2 unspecified atom stereocenters. The van der Waals surface area contributed by atoms with Crippen molar-refractivity contribution in [2.45, 2.75) is 37.8 Å². The molecule has 0 spiro atoms. The van der Waals surface area contributed by atoms with Crippen molar-refractivity contribution in [3.05, 3.63) is 0 Å². The lowest BCUT2D eigenvalue weighted by molar-refractivity contribution is 0.426. The fourth-order valence-corrected chi connectivity index (χ4v) is 6.55. The Labute approximate surface area is 89.5 Å². The zero-order chi connectivity index (χ0) is 9.90. The quantitative estimate of drug-likeness (QED) is 0.603. The first-order valence-electron chi connectivity index (χ1n) is 4.20. The number of hydrogen-bond donors (Lipinski definition) is 2. The van der Waals surface area contributed by atoms with E-state index in [0.717, 1.165) is 25.7 Å². The molecular formula is C6H13O3P2S2+. The first kappa shape index (κ1) is 12.1. The lowest BCUT2D eigenvalue weighted by Gasteiger charge is -2.24. The van der Waals surface area contributed by atoms with Crippen LogP contribution in [0.3, 0.4) is 0 Å². The molecule has 0 amide bonds. The third-order valence-electron chi connectivity index (χ3n) is 2.22. The molecule has 76 valence electrons. The van der Waals surface area contributed by atoms with Crippen LogP contribution in [-0.4, -0.2) is 10.6 Å². The SMILES string of the molecule is O=[P+](S)OP(O)(=S)C1CCCCC1. The van der Waals surface area contributed by atoms with Crippen LogP contribution in [-0.2, 0) is 20.7 Å². The van der Waals surface area contributed by atoms with Gasteiger partial charge in [-0.2, -0.15) is 0 Å². The summed E-state index contributed by atoms with van der Waals surface area (Å²) in [5, 5.41) is 0. The van der Waals surface area contributed by atoms with Crippen LogP contribution in [0.15, 0.2) is 0 Å².